The first-order chi connectivity index (χ1) is 17.1. The smallest absolute Gasteiger partial charge is 0.409 e. The molecular weight excluding hydrogens is 460 g/mol. The fraction of sp³-hybridized carbons (Fsp3) is 0.320. The number of nitrogens with one attached hydrogen (secondary N) is 3. The van der Waals surface area contributed by atoms with Crippen LogP contribution in [0.15, 0.2) is 58.8 Å². The van der Waals surface area contributed by atoms with Crippen molar-refractivity contribution in [3.8, 4) is 5.75 Å². The first kappa shape index (κ1) is 24.3. The second kappa shape index (κ2) is 11.6. The van der Waals surface area contributed by atoms with Gasteiger partial charge in [-0.1, -0.05) is 31.5 Å². The van der Waals surface area contributed by atoms with Crippen LogP contribution in [0.3, 0.4) is 0 Å². The summed E-state index contributed by atoms with van der Waals surface area (Å²) in [5, 5.41) is 20.1. The Bertz CT molecular complexity index is 1310. The second-order valence-corrected chi connectivity index (χ2v) is 8.88. The van der Waals surface area contributed by atoms with Crippen molar-refractivity contribution in [2.45, 2.75) is 26.7 Å². The van der Waals surface area contributed by atoms with E-state index in [1.807, 2.05) is 67.1 Å². The molecule has 182 valence electrons. The first-order valence-electron chi connectivity index (χ1n) is 11.7. The predicted octanol–water partition coefficient (Wildman–Crippen LogP) is 6.33. The third-order valence-corrected chi connectivity index (χ3v) is 6.42. The highest BCUT2D eigenvalue weighted by Crippen LogP contribution is 2.36. The number of aromatic nitrogens is 3. The number of rotatable bonds is 11. The number of thiazole rings is 1. The zero-order valence-electron chi connectivity index (χ0n) is 20.5. The molecule has 0 saturated heterocycles. The number of methoxy groups -OCH3 is 1. The molecular formula is C25H31N8OS+. The Morgan fingerprint density at radius 3 is 2.54 bits per heavy atom. The van der Waals surface area contributed by atoms with E-state index in [4.69, 9.17) is 9.72 Å². The summed E-state index contributed by atoms with van der Waals surface area (Å²) in [7, 11) is 3.65. The van der Waals surface area contributed by atoms with Crippen LogP contribution in [0.2, 0.25) is 0 Å². The number of ether oxygens (including phenoxy) is 1. The monoisotopic (exact) mass is 491 g/mol. The van der Waals surface area contributed by atoms with Gasteiger partial charge in [0.05, 0.1) is 24.0 Å². The number of para-hydroxylation sites is 1. The number of hydrogen-bond acceptors (Lipinski definition) is 9. The van der Waals surface area contributed by atoms with E-state index in [1.54, 1.807) is 18.4 Å². The van der Waals surface area contributed by atoms with Gasteiger partial charge in [0, 0.05) is 24.8 Å². The van der Waals surface area contributed by atoms with Crippen molar-refractivity contribution in [2.75, 3.05) is 36.1 Å². The molecule has 4 rings (SSSR count). The summed E-state index contributed by atoms with van der Waals surface area (Å²) in [6.45, 7) is 5.66. The molecule has 4 aromatic rings. The van der Waals surface area contributed by atoms with Gasteiger partial charge >= 0.3 is 5.13 Å². The summed E-state index contributed by atoms with van der Waals surface area (Å²) in [4.78, 5) is 9.39. The van der Waals surface area contributed by atoms with Crippen molar-refractivity contribution >= 4 is 55.6 Å². The zero-order valence-corrected chi connectivity index (χ0v) is 21.3. The quantitative estimate of drug-likeness (QED) is 0.129. The number of benzene rings is 2. The number of nitrogens with zero attached hydrogens (tertiary/aromatic N) is 5. The van der Waals surface area contributed by atoms with Gasteiger partial charge in [0.25, 0.3) is 0 Å². The molecule has 35 heavy (non-hydrogen) atoms. The highest BCUT2D eigenvalue weighted by Gasteiger charge is 2.20. The minimum atomic E-state index is 0.531. The summed E-state index contributed by atoms with van der Waals surface area (Å²) in [6.07, 6.45) is 2.09. The van der Waals surface area contributed by atoms with Crippen LogP contribution < -0.4 is 25.3 Å². The van der Waals surface area contributed by atoms with Crippen molar-refractivity contribution < 1.29 is 9.30 Å². The number of unbranched alkanes of at least 4 members (excludes halogenated alkanes) is 1. The Balaban J connectivity index is 1.77. The Labute approximate surface area is 209 Å². The molecule has 0 aliphatic rings. The molecule has 0 saturated carbocycles. The van der Waals surface area contributed by atoms with Gasteiger partial charge in [-0.25, -0.2) is 4.57 Å². The van der Waals surface area contributed by atoms with Crippen LogP contribution in [0, 0.1) is 0 Å². The number of azo groups is 1. The fourth-order valence-electron chi connectivity index (χ4n) is 3.47. The van der Waals surface area contributed by atoms with Gasteiger partial charge in [0.15, 0.2) is 17.3 Å². The molecule has 3 N–H and O–H groups in total. The van der Waals surface area contributed by atoms with Crippen LogP contribution in [0.1, 0.15) is 26.7 Å². The van der Waals surface area contributed by atoms with Gasteiger partial charge in [-0.3, -0.25) is 0 Å². The summed E-state index contributed by atoms with van der Waals surface area (Å²) in [5.41, 5.74) is 2.53. The van der Waals surface area contributed by atoms with Crippen LogP contribution in [0.4, 0.5) is 34.1 Å². The van der Waals surface area contributed by atoms with Crippen LogP contribution in [-0.4, -0.2) is 30.2 Å². The average molecular weight is 492 g/mol. The Morgan fingerprint density at radius 2 is 1.80 bits per heavy atom. The van der Waals surface area contributed by atoms with Crippen LogP contribution in [-0.2, 0) is 7.05 Å². The van der Waals surface area contributed by atoms with E-state index in [0.717, 1.165) is 46.2 Å². The third kappa shape index (κ3) is 5.83. The summed E-state index contributed by atoms with van der Waals surface area (Å²) < 4.78 is 8.46. The topological polar surface area (TPSA) is 99.7 Å². The van der Waals surface area contributed by atoms with Crippen LogP contribution in [0.25, 0.3) is 10.2 Å². The largest absolute Gasteiger partial charge is 0.497 e. The summed E-state index contributed by atoms with van der Waals surface area (Å²) in [6, 6.07) is 15.9. The molecule has 10 heteroatoms. The van der Waals surface area contributed by atoms with Gasteiger partial charge in [0.2, 0.25) is 5.95 Å². The standard InChI is InChI=1S/C25H30N8OS/c1-5-7-15-27-22-21(23(30-24(29-22)26-6-2)28-17-11-9-8-10-12-17)31-32-25-33(3)19-14-13-18(34-4)16-20(19)35-25/h8-14,16H,5-7,15H2,1-4H3,(H2,26,27,28,29,30)/p+1. The lowest BCUT2D eigenvalue weighted by Gasteiger charge is -2.14. The maximum atomic E-state index is 5.37. The molecule has 0 unspecified atom stereocenters. The van der Waals surface area contributed by atoms with E-state index < -0.39 is 0 Å². The van der Waals surface area contributed by atoms with Gasteiger partial charge in [-0.2, -0.15) is 9.97 Å². The van der Waals surface area contributed by atoms with E-state index in [-0.39, 0.29) is 0 Å². The first-order valence-corrected chi connectivity index (χ1v) is 12.5. The molecule has 0 atom stereocenters. The van der Waals surface area contributed by atoms with Gasteiger partial charge in [-0.05, 0) is 54.1 Å². The normalized spacial score (nSPS) is 11.2. The molecule has 0 bridgehead atoms. The maximum Gasteiger partial charge on any atom is 0.409 e. The van der Waals surface area contributed by atoms with Crippen molar-refractivity contribution in [3.05, 3.63) is 48.5 Å². The van der Waals surface area contributed by atoms with Gasteiger partial charge < -0.3 is 20.7 Å². The molecule has 0 fully saturated rings. The third-order valence-electron chi connectivity index (χ3n) is 5.33. The SMILES string of the molecule is CCCCNc1nc(NCC)nc(Nc2ccccc2)c1N=Nc1sc2cc(OC)ccc2[n+]1C. The van der Waals surface area contributed by atoms with Gasteiger partial charge in [0.1, 0.15) is 11.3 Å². The molecule has 0 radical (unpaired) electrons. The van der Waals surface area contributed by atoms with Crippen molar-refractivity contribution in [1.29, 1.82) is 0 Å². The van der Waals surface area contributed by atoms with Crippen molar-refractivity contribution in [2.24, 2.45) is 17.3 Å². The van der Waals surface area contributed by atoms with Crippen molar-refractivity contribution in [3.63, 3.8) is 0 Å². The second-order valence-electron chi connectivity index (χ2n) is 7.87. The average Bonchev–Trinajstić information content (AvgIpc) is 3.19. The van der Waals surface area contributed by atoms with E-state index in [1.165, 1.54) is 0 Å². The number of fused-ring (bicyclic) bond motifs is 1. The highest BCUT2D eigenvalue weighted by atomic mass is 32.1. The lowest BCUT2D eigenvalue weighted by atomic mass is 10.3. The molecule has 2 aromatic carbocycles. The Morgan fingerprint density at radius 1 is 1.00 bits per heavy atom. The number of hydrogen-bond donors (Lipinski definition) is 3. The van der Waals surface area contributed by atoms with E-state index in [0.29, 0.717) is 29.8 Å². The van der Waals surface area contributed by atoms with Crippen LogP contribution >= 0.6 is 11.3 Å². The molecule has 0 spiro atoms. The molecule has 0 aliphatic carbocycles. The van der Waals surface area contributed by atoms with E-state index in [2.05, 4.69) is 38.1 Å². The van der Waals surface area contributed by atoms with Crippen LogP contribution in [0.5, 0.6) is 5.75 Å². The lowest BCUT2D eigenvalue weighted by Crippen LogP contribution is -2.25. The summed E-state index contributed by atoms with van der Waals surface area (Å²) >= 11 is 1.55. The maximum absolute atomic E-state index is 5.37. The molecule has 2 heterocycles. The molecule has 9 nitrogen and oxygen atoms in total. The zero-order chi connectivity index (χ0) is 24.6. The van der Waals surface area contributed by atoms with Gasteiger partial charge in [-0.15, -0.1) is 0 Å². The number of aryl methyl sites for hydroxylation is 1. The Kier molecular flexibility index (Phi) is 8.04. The van der Waals surface area contributed by atoms with E-state index in [9.17, 15) is 0 Å². The minimum absolute atomic E-state index is 0.531. The lowest BCUT2D eigenvalue weighted by molar-refractivity contribution is -0.627. The highest BCUT2D eigenvalue weighted by molar-refractivity contribution is 7.21. The van der Waals surface area contributed by atoms with E-state index >= 15 is 0 Å². The molecule has 0 amide bonds. The number of anilines is 4. The summed E-state index contributed by atoms with van der Waals surface area (Å²) in [5.74, 6) is 2.56. The molecule has 0 aliphatic heterocycles. The Hall–Kier alpha value is -3.79. The van der Waals surface area contributed by atoms with Crippen molar-refractivity contribution in [1.82, 2.24) is 9.97 Å². The fourth-order valence-corrected chi connectivity index (χ4v) is 4.47. The predicted molar refractivity (Wildman–Crippen MR) is 143 cm³/mol. The molecule has 2 aromatic heterocycles. The minimum Gasteiger partial charge on any atom is -0.497 e.